The molecular formula is C10H18ClNO2. The SMILES string of the molecule is COC(=O)C1C2CCCC1CNC2.Cl. The number of piperidine rings is 1. The van der Waals surface area contributed by atoms with Crippen molar-refractivity contribution in [2.75, 3.05) is 20.2 Å². The van der Waals surface area contributed by atoms with Gasteiger partial charge in [-0.05, 0) is 37.8 Å². The molecule has 4 heteroatoms. The summed E-state index contributed by atoms with van der Waals surface area (Å²) in [5.41, 5.74) is 0. The van der Waals surface area contributed by atoms with Crippen LogP contribution in [-0.2, 0) is 9.53 Å². The topological polar surface area (TPSA) is 38.3 Å². The van der Waals surface area contributed by atoms with E-state index in [2.05, 4.69) is 5.32 Å². The van der Waals surface area contributed by atoms with Gasteiger partial charge in [-0.2, -0.15) is 0 Å². The number of fused-ring (bicyclic) bond motifs is 2. The third-order valence-corrected chi connectivity index (χ3v) is 3.45. The maximum Gasteiger partial charge on any atom is 0.309 e. The standard InChI is InChI=1S/C10H17NO2.ClH/c1-13-10(12)9-7-3-2-4-8(9)6-11-5-7;/h7-9,11H,2-6H2,1H3;1H. The van der Waals surface area contributed by atoms with Crippen LogP contribution in [0.4, 0.5) is 0 Å². The van der Waals surface area contributed by atoms with Gasteiger partial charge in [-0.3, -0.25) is 4.79 Å². The van der Waals surface area contributed by atoms with Crippen molar-refractivity contribution in [2.24, 2.45) is 17.8 Å². The fraction of sp³-hybridized carbons (Fsp3) is 0.900. The maximum atomic E-state index is 11.5. The van der Waals surface area contributed by atoms with E-state index in [-0.39, 0.29) is 24.3 Å². The minimum Gasteiger partial charge on any atom is -0.469 e. The zero-order valence-electron chi connectivity index (χ0n) is 8.49. The molecule has 0 spiro atoms. The number of rotatable bonds is 1. The lowest BCUT2D eigenvalue weighted by atomic mass is 9.69. The molecular weight excluding hydrogens is 202 g/mol. The van der Waals surface area contributed by atoms with Crippen LogP contribution in [0.2, 0.25) is 0 Å². The van der Waals surface area contributed by atoms with E-state index in [1.165, 1.54) is 26.4 Å². The fourth-order valence-corrected chi connectivity index (χ4v) is 2.82. The summed E-state index contributed by atoms with van der Waals surface area (Å²) in [5.74, 6) is 1.25. The Bertz CT molecular complexity index is 188. The van der Waals surface area contributed by atoms with Gasteiger partial charge in [0.1, 0.15) is 0 Å². The molecule has 1 aliphatic heterocycles. The minimum atomic E-state index is 0. The number of nitrogens with one attached hydrogen (secondary N) is 1. The second kappa shape index (κ2) is 4.99. The lowest BCUT2D eigenvalue weighted by Gasteiger charge is -2.41. The van der Waals surface area contributed by atoms with Gasteiger partial charge in [0.25, 0.3) is 0 Å². The molecule has 1 heterocycles. The minimum absolute atomic E-state index is 0. The Morgan fingerprint density at radius 2 is 1.86 bits per heavy atom. The van der Waals surface area contributed by atoms with E-state index in [0.717, 1.165) is 13.1 Å². The van der Waals surface area contributed by atoms with Crippen LogP contribution >= 0.6 is 12.4 Å². The molecule has 1 saturated heterocycles. The van der Waals surface area contributed by atoms with Crippen molar-refractivity contribution < 1.29 is 9.53 Å². The summed E-state index contributed by atoms with van der Waals surface area (Å²) in [7, 11) is 1.50. The van der Waals surface area contributed by atoms with Gasteiger partial charge >= 0.3 is 5.97 Å². The summed E-state index contributed by atoms with van der Waals surface area (Å²) in [5, 5.41) is 3.39. The lowest BCUT2D eigenvalue weighted by Crippen LogP contribution is -2.49. The van der Waals surface area contributed by atoms with Crippen LogP contribution in [-0.4, -0.2) is 26.2 Å². The molecule has 2 rings (SSSR count). The first-order valence-electron chi connectivity index (χ1n) is 5.11. The summed E-state index contributed by atoms with van der Waals surface area (Å²) in [6.45, 7) is 1.99. The van der Waals surface area contributed by atoms with Crippen LogP contribution in [0, 0.1) is 17.8 Å². The zero-order chi connectivity index (χ0) is 9.26. The lowest BCUT2D eigenvalue weighted by molar-refractivity contribution is -0.152. The van der Waals surface area contributed by atoms with Crippen LogP contribution in [0.25, 0.3) is 0 Å². The van der Waals surface area contributed by atoms with Crippen LogP contribution in [0.1, 0.15) is 19.3 Å². The first kappa shape index (κ1) is 11.8. The van der Waals surface area contributed by atoms with E-state index in [1.807, 2.05) is 0 Å². The monoisotopic (exact) mass is 219 g/mol. The van der Waals surface area contributed by atoms with Crippen molar-refractivity contribution in [1.82, 2.24) is 5.32 Å². The molecule has 0 radical (unpaired) electrons. The molecule has 1 N–H and O–H groups in total. The zero-order valence-corrected chi connectivity index (χ0v) is 9.31. The van der Waals surface area contributed by atoms with Gasteiger partial charge in [-0.25, -0.2) is 0 Å². The summed E-state index contributed by atoms with van der Waals surface area (Å²) < 4.78 is 4.86. The number of hydrogen-bond donors (Lipinski definition) is 1. The largest absolute Gasteiger partial charge is 0.469 e. The molecule has 0 aromatic carbocycles. The smallest absolute Gasteiger partial charge is 0.309 e. The second-order valence-corrected chi connectivity index (χ2v) is 4.16. The Morgan fingerprint density at radius 1 is 1.29 bits per heavy atom. The maximum absolute atomic E-state index is 11.5. The van der Waals surface area contributed by atoms with Crippen molar-refractivity contribution in [3.8, 4) is 0 Å². The number of carbonyl (C=O) groups is 1. The molecule has 0 amide bonds. The molecule has 2 atom stereocenters. The van der Waals surface area contributed by atoms with Crippen molar-refractivity contribution >= 4 is 18.4 Å². The van der Waals surface area contributed by atoms with Crippen molar-refractivity contribution in [1.29, 1.82) is 0 Å². The normalized spacial score (nSPS) is 35.6. The highest BCUT2D eigenvalue weighted by Crippen LogP contribution is 2.37. The second-order valence-electron chi connectivity index (χ2n) is 4.16. The first-order valence-corrected chi connectivity index (χ1v) is 5.11. The van der Waals surface area contributed by atoms with Gasteiger partial charge in [0.15, 0.2) is 0 Å². The predicted octanol–water partition coefficient (Wildman–Crippen LogP) is 1.22. The molecule has 3 nitrogen and oxygen atoms in total. The molecule has 82 valence electrons. The third kappa shape index (κ3) is 2.04. The Morgan fingerprint density at radius 3 is 2.36 bits per heavy atom. The summed E-state index contributed by atoms with van der Waals surface area (Å²) >= 11 is 0. The number of hydrogen-bond acceptors (Lipinski definition) is 3. The number of esters is 1. The number of ether oxygens (including phenoxy) is 1. The third-order valence-electron chi connectivity index (χ3n) is 3.45. The molecule has 14 heavy (non-hydrogen) atoms. The van der Waals surface area contributed by atoms with Gasteiger partial charge in [-0.1, -0.05) is 6.42 Å². The van der Waals surface area contributed by atoms with E-state index < -0.39 is 0 Å². The highest BCUT2D eigenvalue weighted by Gasteiger charge is 2.41. The number of carbonyl (C=O) groups excluding carboxylic acids is 1. The van der Waals surface area contributed by atoms with Crippen molar-refractivity contribution in [3.05, 3.63) is 0 Å². The summed E-state index contributed by atoms with van der Waals surface area (Å²) in [6, 6.07) is 0. The van der Waals surface area contributed by atoms with E-state index in [0.29, 0.717) is 11.8 Å². The van der Waals surface area contributed by atoms with Gasteiger partial charge in [0.2, 0.25) is 0 Å². The number of methoxy groups -OCH3 is 1. The van der Waals surface area contributed by atoms with Gasteiger partial charge in [-0.15, -0.1) is 12.4 Å². The fourth-order valence-electron chi connectivity index (χ4n) is 2.82. The number of halogens is 1. The molecule has 0 aromatic heterocycles. The van der Waals surface area contributed by atoms with Crippen molar-refractivity contribution in [3.63, 3.8) is 0 Å². The highest BCUT2D eigenvalue weighted by molar-refractivity contribution is 5.85. The first-order chi connectivity index (χ1) is 6.33. The molecule has 1 aliphatic carbocycles. The average molecular weight is 220 g/mol. The Balaban J connectivity index is 0.000000980. The molecule has 1 saturated carbocycles. The van der Waals surface area contributed by atoms with Gasteiger partial charge in [0.05, 0.1) is 13.0 Å². The molecule has 2 aliphatic rings. The van der Waals surface area contributed by atoms with Gasteiger partial charge < -0.3 is 10.1 Å². The summed E-state index contributed by atoms with van der Waals surface area (Å²) in [4.78, 5) is 11.5. The Kier molecular flexibility index (Phi) is 4.20. The van der Waals surface area contributed by atoms with Crippen LogP contribution in [0.3, 0.4) is 0 Å². The molecule has 2 unspecified atom stereocenters. The quantitative estimate of drug-likeness (QED) is 0.674. The average Bonchev–Trinajstić information content (AvgIpc) is 2.15. The van der Waals surface area contributed by atoms with Gasteiger partial charge in [0, 0.05) is 0 Å². The van der Waals surface area contributed by atoms with Crippen LogP contribution in [0.5, 0.6) is 0 Å². The van der Waals surface area contributed by atoms with E-state index >= 15 is 0 Å². The molecule has 2 bridgehead atoms. The highest BCUT2D eigenvalue weighted by atomic mass is 35.5. The Hall–Kier alpha value is -0.280. The Labute approximate surface area is 91.0 Å². The van der Waals surface area contributed by atoms with E-state index in [4.69, 9.17) is 4.74 Å². The molecule has 2 fully saturated rings. The van der Waals surface area contributed by atoms with E-state index in [1.54, 1.807) is 0 Å². The van der Waals surface area contributed by atoms with Crippen LogP contribution < -0.4 is 5.32 Å². The van der Waals surface area contributed by atoms with Crippen molar-refractivity contribution in [2.45, 2.75) is 19.3 Å². The summed E-state index contributed by atoms with van der Waals surface area (Å²) in [6.07, 6.45) is 3.65. The molecule has 0 aromatic rings. The van der Waals surface area contributed by atoms with Crippen LogP contribution in [0.15, 0.2) is 0 Å². The van der Waals surface area contributed by atoms with E-state index in [9.17, 15) is 4.79 Å². The predicted molar refractivity (Wildman–Crippen MR) is 56.5 cm³/mol.